The van der Waals surface area contributed by atoms with Crippen LogP contribution < -0.4 is 5.84 Å². The van der Waals surface area contributed by atoms with Gasteiger partial charge in [0.05, 0.1) is 13.1 Å². The van der Waals surface area contributed by atoms with Crippen molar-refractivity contribution in [3.63, 3.8) is 0 Å². The lowest BCUT2D eigenvalue weighted by Gasteiger charge is -2.11. The molecule has 0 amide bonds. The molecule has 0 spiro atoms. The van der Waals surface area contributed by atoms with Crippen molar-refractivity contribution in [3.8, 4) is 0 Å². The van der Waals surface area contributed by atoms with Gasteiger partial charge in [0.25, 0.3) is 0 Å². The van der Waals surface area contributed by atoms with Crippen LogP contribution in [0.4, 0.5) is 0 Å². The number of aliphatic imine (C=N–C) groups is 1. The highest BCUT2D eigenvalue weighted by molar-refractivity contribution is 6.38. The smallest absolute Gasteiger partial charge is 0.198 e. The SMILES string of the molecule is CCCCCCCCC=CCCCCCCCC(=O)C1=NCCN1N. The Labute approximate surface area is 154 Å². The maximum Gasteiger partial charge on any atom is 0.198 e. The molecule has 0 aromatic rings. The number of nitrogens with zero attached hydrogens (tertiary/aromatic N) is 2. The van der Waals surface area contributed by atoms with Gasteiger partial charge in [0.2, 0.25) is 0 Å². The molecule has 0 bridgehead atoms. The summed E-state index contributed by atoms with van der Waals surface area (Å²) in [5.41, 5.74) is 0. The molecule has 4 nitrogen and oxygen atoms in total. The third-order valence-electron chi connectivity index (χ3n) is 4.79. The Hall–Kier alpha value is -1.16. The normalized spacial score (nSPS) is 14.5. The Morgan fingerprint density at radius 1 is 0.960 bits per heavy atom. The van der Waals surface area contributed by atoms with Crippen molar-refractivity contribution in [2.75, 3.05) is 13.1 Å². The first-order valence-corrected chi connectivity index (χ1v) is 10.5. The van der Waals surface area contributed by atoms with Gasteiger partial charge in [0, 0.05) is 6.42 Å². The third kappa shape index (κ3) is 11.1. The summed E-state index contributed by atoms with van der Waals surface area (Å²) in [5, 5.41) is 1.49. The molecule has 144 valence electrons. The second-order valence-electron chi connectivity index (χ2n) is 7.16. The summed E-state index contributed by atoms with van der Waals surface area (Å²) in [4.78, 5) is 16.1. The number of amidine groups is 1. The van der Waals surface area contributed by atoms with Gasteiger partial charge < -0.3 is 0 Å². The summed E-state index contributed by atoms with van der Waals surface area (Å²) in [6.07, 6.45) is 21.9. The summed E-state index contributed by atoms with van der Waals surface area (Å²) in [5.74, 6) is 6.30. The zero-order valence-corrected chi connectivity index (χ0v) is 16.3. The summed E-state index contributed by atoms with van der Waals surface area (Å²) in [6, 6.07) is 0. The van der Waals surface area contributed by atoms with E-state index >= 15 is 0 Å². The molecule has 0 saturated carbocycles. The van der Waals surface area contributed by atoms with E-state index in [0.29, 0.717) is 25.3 Å². The first kappa shape index (κ1) is 21.9. The maximum absolute atomic E-state index is 11.9. The first-order chi connectivity index (χ1) is 12.3. The molecule has 1 heterocycles. The molecular weight excluding hydrogens is 310 g/mol. The zero-order valence-electron chi connectivity index (χ0n) is 16.3. The average Bonchev–Trinajstić information content (AvgIpc) is 3.04. The van der Waals surface area contributed by atoms with E-state index in [0.717, 1.165) is 12.8 Å². The summed E-state index contributed by atoms with van der Waals surface area (Å²) >= 11 is 0. The number of hydrogen-bond acceptors (Lipinski definition) is 4. The lowest BCUT2D eigenvalue weighted by Crippen LogP contribution is -2.38. The number of Topliss-reactive ketones (excluding diaryl/α,β-unsaturated/α-hetero) is 1. The van der Waals surface area contributed by atoms with E-state index in [4.69, 9.17) is 5.84 Å². The van der Waals surface area contributed by atoms with Crippen LogP contribution in [0.3, 0.4) is 0 Å². The Kier molecular flexibility index (Phi) is 13.2. The van der Waals surface area contributed by atoms with Crippen LogP contribution in [-0.2, 0) is 4.79 Å². The van der Waals surface area contributed by atoms with Crippen LogP contribution in [0.1, 0.15) is 96.8 Å². The van der Waals surface area contributed by atoms with E-state index in [1.165, 1.54) is 75.6 Å². The molecule has 1 aliphatic rings. The quantitative estimate of drug-likeness (QED) is 0.237. The van der Waals surface area contributed by atoms with Crippen LogP contribution in [0.2, 0.25) is 0 Å². The van der Waals surface area contributed by atoms with Crippen molar-refractivity contribution in [2.24, 2.45) is 10.8 Å². The van der Waals surface area contributed by atoms with Crippen molar-refractivity contribution < 1.29 is 4.79 Å². The highest BCUT2D eigenvalue weighted by Crippen LogP contribution is 2.11. The minimum absolute atomic E-state index is 0.109. The fourth-order valence-electron chi connectivity index (χ4n) is 3.18. The van der Waals surface area contributed by atoms with Crippen LogP contribution in [0.15, 0.2) is 17.1 Å². The van der Waals surface area contributed by atoms with Crippen LogP contribution in [-0.4, -0.2) is 29.7 Å². The highest BCUT2D eigenvalue weighted by Gasteiger charge is 2.20. The Bertz CT molecular complexity index is 404. The van der Waals surface area contributed by atoms with Crippen molar-refractivity contribution in [1.29, 1.82) is 0 Å². The van der Waals surface area contributed by atoms with Crippen LogP contribution in [0.5, 0.6) is 0 Å². The van der Waals surface area contributed by atoms with E-state index in [2.05, 4.69) is 24.1 Å². The fraction of sp³-hybridized carbons (Fsp3) is 0.810. The minimum atomic E-state index is 0.109. The second-order valence-corrected chi connectivity index (χ2v) is 7.16. The van der Waals surface area contributed by atoms with E-state index in [9.17, 15) is 4.79 Å². The van der Waals surface area contributed by atoms with Gasteiger partial charge in [-0.3, -0.25) is 14.8 Å². The molecular formula is C21H39N3O. The molecule has 1 rings (SSSR count). The molecule has 4 heteroatoms. The van der Waals surface area contributed by atoms with Crippen molar-refractivity contribution >= 4 is 11.6 Å². The molecule has 0 aromatic heterocycles. The molecule has 0 atom stereocenters. The number of hydrogen-bond donors (Lipinski definition) is 1. The van der Waals surface area contributed by atoms with Crippen molar-refractivity contribution in [2.45, 2.75) is 96.8 Å². The van der Waals surface area contributed by atoms with Gasteiger partial charge in [0.1, 0.15) is 0 Å². The molecule has 0 unspecified atom stereocenters. The third-order valence-corrected chi connectivity index (χ3v) is 4.79. The number of carbonyl (C=O) groups excluding carboxylic acids is 1. The van der Waals surface area contributed by atoms with Crippen molar-refractivity contribution in [1.82, 2.24) is 5.01 Å². The molecule has 25 heavy (non-hydrogen) atoms. The zero-order chi connectivity index (χ0) is 18.2. The second kappa shape index (κ2) is 15.1. The summed E-state index contributed by atoms with van der Waals surface area (Å²) in [6.45, 7) is 3.60. The molecule has 2 N–H and O–H groups in total. The van der Waals surface area contributed by atoms with Gasteiger partial charge in [-0.2, -0.15) is 0 Å². The van der Waals surface area contributed by atoms with Crippen LogP contribution in [0.25, 0.3) is 0 Å². The van der Waals surface area contributed by atoms with Gasteiger partial charge in [-0.15, -0.1) is 0 Å². The number of nitrogens with two attached hydrogens (primary N) is 1. The van der Waals surface area contributed by atoms with E-state index in [1.54, 1.807) is 0 Å². The topological polar surface area (TPSA) is 58.7 Å². The molecule has 0 radical (unpaired) electrons. The predicted molar refractivity (Wildman–Crippen MR) is 108 cm³/mol. The fourth-order valence-corrected chi connectivity index (χ4v) is 3.18. The minimum Gasteiger partial charge on any atom is -0.291 e. The molecule has 0 aromatic carbocycles. The van der Waals surface area contributed by atoms with E-state index < -0.39 is 0 Å². The van der Waals surface area contributed by atoms with Gasteiger partial charge in [-0.1, -0.05) is 70.4 Å². The maximum atomic E-state index is 11.9. The number of carbonyl (C=O) groups is 1. The Balaban J connectivity index is 1.82. The lowest BCUT2D eigenvalue weighted by molar-refractivity contribution is -0.113. The molecule has 1 aliphatic heterocycles. The largest absolute Gasteiger partial charge is 0.291 e. The summed E-state index contributed by atoms with van der Waals surface area (Å²) < 4.78 is 0. The Morgan fingerprint density at radius 2 is 1.52 bits per heavy atom. The van der Waals surface area contributed by atoms with Gasteiger partial charge in [-0.05, 0) is 32.1 Å². The molecule has 0 aliphatic carbocycles. The number of ketones is 1. The number of allylic oxidation sites excluding steroid dienone is 2. The highest BCUT2D eigenvalue weighted by atomic mass is 16.1. The number of unbranched alkanes of at least 4 members (excludes halogenated alkanes) is 11. The van der Waals surface area contributed by atoms with E-state index in [1.807, 2.05) is 0 Å². The lowest BCUT2D eigenvalue weighted by atomic mass is 10.1. The average molecular weight is 350 g/mol. The van der Waals surface area contributed by atoms with Crippen molar-refractivity contribution in [3.05, 3.63) is 12.2 Å². The predicted octanol–water partition coefficient (Wildman–Crippen LogP) is 5.18. The first-order valence-electron chi connectivity index (χ1n) is 10.5. The van der Waals surface area contributed by atoms with E-state index in [-0.39, 0.29) is 5.78 Å². The molecule has 0 saturated heterocycles. The van der Waals surface area contributed by atoms with Gasteiger partial charge in [-0.25, -0.2) is 5.84 Å². The molecule has 0 fully saturated rings. The standard InChI is InChI=1S/C21H39N3O/c1-2-3-4-5-6-7-8-9-10-11-12-13-14-15-16-17-20(25)21-23-18-19-24(21)22/h9-10H,2-8,11-19,22H2,1H3. The van der Waals surface area contributed by atoms with Gasteiger partial charge in [0.15, 0.2) is 11.6 Å². The van der Waals surface area contributed by atoms with Crippen LogP contribution in [0, 0.1) is 0 Å². The number of rotatable bonds is 16. The summed E-state index contributed by atoms with van der Waals surface area (Å²) in [7, 11) is 0. The Morgan fingerprint density at radius 3 is 2.08 bits per heavy atom. The monoisotopic (exact) mass is 349 g/mol. The number of hydrazine groups is 1. The van der Waals surface area contributed by atoms with Crippen LogP contribution >= 0.6 is 0 Å². The van der Waals surface area contributed by atoms with Gasteiger partial charge >= 0.3 is 0 Å².